The predicted octanol–water partition coefficient (Wildman–Crippen LogP) is 3.85. The quantitative estimate of drug-likeness (QED) is 0.634. The van der Waals surface area contributed by atoms with Gasteiger partial charge in [-0.2, -0.15) is 0 Å². The van der Waals surface area contributed by atoms with E-state index < -0.39 is 0 Å². The molecule has 3 nitrogen and oxygen atoms in total. The molecule has 1 heterocycles. The third kappa shape index (κ3) is 3.00. The fraction of sp³-hybridized carbons (Fsp3) is 0.231. The van der Waals surface area contributed by atoms with Crippen LogP contribution in [-0.2, 0) is 21.5 Å². The number of carbonyl (C=O) groups excluding carboxylic acids is 1. The molecular weight excluding hydrogens is 318 g/mol. The number of esters is 1. The predicted molar refractivity (Wildman–Crippen MR) is 74.9 cm³/mol. The van der Waals surface area contributed by atoms with Crippen molar-refractivity contribution in [2.45, 2.75) is 18.9 Å². The Hall–Kier alpha value is -1.13. The van der Waals surface area contributed by atoms with E-state index in [0.29, 0.717) is 5.02 Å². The Labute approximate surface area is 118 Å². The highest BCUT2D eigenvalue weighted by atomic mass is 79.9. The number of benzene rings is 1. The van der Waals surface area contributed by atoms with Crippen LogP contribution in [0.2, 0.25) is 5.02 Å². The summed E-state index contributed by atoms with van der Waals surface area (Å²) in [4.78, 5) is 15.2. The van der Waals surface area contributed by atoms with Gasteiger partial charge >= 0.3 is 5.97 Å². The van der Waals surface area contributed by atoms with Gasteiger partial charge in [0.2, 0.25) is 0 Å². The average Bonchev–Trinajstić information content (AvgIpc) is 2.34. The van der Waals surface area contributed by atoms with Gasteiger partial charge in [-0.05, 0) is 23.8 Å². The molecule has 0 saturated heterocycles. The molecule has 1 aromatic carbocycles. The number of rotatable bonds is 3. The van der Waals surface area contributed by atoms with E-state index in [4.69, 9.17) is 16.3 Å². The van der Waals surface area contributed by atoms with Gasteiger partial charge in [0, 0.05) is 29.4 Å². The van der Waals surface area contributed by atoms with Crippen LogP contribution >= 0.6 is 27.5 Å². The van der Waals surface area contributed by atoms with Crippen LogP contribution in [0, 0.1) is 0 Å². The van der Waals surface area contributed by atoms with Gasteiger partial charge in [-0.15, -0.1) is 0 Å². The molecule has 0 spiro atoms. The Kier molecular flexibility index (Phi) is 4.19. The normalized spacial score (nSPS) is 10.6. The van der Waals surface area contributed by atoms with Gasteiger partial charge in [-0.3, -0.25) is 9.78 Å². The van der Waals surface area contributed by atoms with E-state index in [9.17, 15) is 4.79 Å². The van der Waals surface area contributed by atoms with Crippen LogP contribution in [0.4, 0.5) is 0 Å². The highest BCUT2D eigenvalue weighted by Crippen LogP contribution is 2.24. The Balaban J connectivity index is 2.51. The Morgan fingerprint density at radius 1 is 1.44 bits per heavy atom. The third-order valence-corrected chi connectivity index (χ3v) is 3.33. The minimum atomic E-state index is -0.304. The molecule has 0 fully saturated rings. The Bertz CT molecular complexity index is 601. The highest BCUT2D eigenvalue weighted by Gasteiger charge is 2.07. The van der Waals surface area contributed by atoms with Gasteiger partial charge in [0.05, 0.1) is 10.5 Å². The number of alkyl halides is 1. The number of hydrogen-bond acceptors (Lipinski definition) is 3. The molecule has 1 aromatic heterocycles. The SMILES string of the molecule is CC(=O)OCc1cc(CBr)cc2cc(Cl)cnc12. The van der Waals surface area contributed by atoms with Gasteiger partial charge < -0.3 is 4.74 Å². The number of aromatic nitrogens is 1. The van der Waals surface area contributed by atoms with E-state index in [2.05, 4.69) is 20.9 Å². The maximum atomic E-state index is 10.9. The van der Waals surface area contributed by atoms with Crippen LogP contribution < -0.4 is 0 Å². The van der Waals surface area contributed by atoms with Crippen molar-refractivity contribution in [1.82, 2.24) is 4.98 Å². The van der Waals surface area contributed by atoms with Crippen LogP contribution in [0.3, 0.4) is 0 Å². The average molecular weight is 329 g/mol. The third-order valence-electron chi connectivity index (χ3n) is 2.47. The first kappa shape index (κ1) is 13.3. The summed E-state index contributed by atoms with van der Waals surface area (Å²) in [6, 6.07) is 5.84. The molecule has 0 aliphatic rings. The zero-order chi connectivity index (χ0) is 13.1. The van der Waals surface area contributed by atoms with Gasteiger partial charge in [-0.25, -0.2) is 0 Å². The van der Waals surface area contributed by atoms with Crippen molar-refractivity contribution in [3.63, 3.8) is 0 Å². The fourth-order valence-electron chi connectivity index (χ4n) is 1.73. The van der Waals surface area contributed by atoms with Crippen LogP contribution in [0.15, 0.2) is 24.4 Å². The maximum absolute atomic E-state index is 10.9. The lowest BCUT2D eigenvalue weighted by molar-refractivity contribution is -0.142. The first-order valence-electron chi connectivity index (χ1n) is 5.36. The number of halogens is 2. The molecule has 0 saturated carbocycles. The van der Waals surface area contributed by atoms with Crippen molar-refractivity contribution < 1.29 is 9.53 Å². The Morgan fingerprint density at radius 2 is 2.22 bits per heavy atom. The molecule has 18 heavy (non-hydrogen) atoms. The number of nitrogens with zero attached hydrogens (tertiary/aromatic N) is 1. The van der Waals surface area contributed by atoms with Crippen molar-refractivity contribution in [1.29, 1.82) is 0 Å². The minimum absolute atomic E-state index is 0.224. The number of pyridine rings is 1. The van der Waals surface area contributed by atoms with Crippen molar-refractivity contribution in [2.24, 2.45) is 0 Å². The summed E-state index contributed by atoms with van der Waals surface area (Å²) in [6.45, 7) is 1.61. The lowest BCUT2D eigenvalue weighted by Gasteiger charge is -2.08. The topological polar surface area (TPSA) is 39.2 Å². The first-order chi connectivity index (χ1) is 8.60. The summed E-state index contributed by atoms with van der Waals surface area (Å²) in [6.07, 6.45) is 1.59. The first-order valence-corrected chi connectivity index (χ1v) is 6.86. The molecule has 2 rings (SSSR count). The van der Waals surface area contributed by atoms with Crippen LogP contribution in [-0.4, -0.2) is 11.0 Å². The number of carbonyl (C=O) groups is 1. The maximum Gasteiger partial charge on any atom is 0.302 e. The number of ether oxygens (including phenoxy) is 1. The van der Waals surface area contributed by atoms with Crippen LogP contribution in [0.25, 0.3) is 10.9 Å². The van der Waals surface area contributed by atoms with Crippen molar-refractivity contribution in [3.05, 3.63) is 40.5 Å². The van der Waals surface area contributed by atoms with E-state index in [1.54, 1.807) is 6.20 Å². The van der Waals surface area contributed by atoms with E-state index in [-0.39, 0.29) is 12.6 Å². The van der Waals surface area contributed by atoms with Gasteiger partial charge in [0.1, 0.15) is 6.61 Å². The summed E-state index contributed by atoms with van der Waals surface area (Å²) < 4.78 is 5.04. The fourth-order valence-corrected chi connectivity index (χ4v) is 2.22. The second-order valence-corrected chi connectivity index (χ2v) is 4.89. The zero-order valence-electron chi connectivity index (χ0n) is 9.74. The van der Waals surface area contributed by atoms with Crippen molar-refractivity contribution >= 4 is 44.4 Å². The van der Waals surface area contributed by atoms with E-state index >= 15 is 0 Å². The summed E-state index contributed by atoms with van der Waals surface area (Å²) >= 11 is 9.35. The molecule has 94 valence electrons. The van der Waals surface area contributed by atoms with Crippen LogP contribution in [0.1, 0.15) is 18.1 Å². The largest absolute Gasteiger partial charge is 0.461 e. The van der Waals surface area contributed by atoms with E-state index in [0.717, 1.165) is 27.4 Å². The van der Waals surface area contributed by atoms with Gasteiger partial charge in [0.25, 0.3) is 0 Å². The summed E-state index contributed by atoms with van der Waals surface area (Å²) in [5, 5.41) is 2.26. The number of hydrogen-bond donors (Lipinski definition) is 0. The molecule has 5 heteroatoms. The smallest absolute Gasteiger partial charge is 0.302 e. The molecule has 0 unspecified atom stereocenters. The number of fused-ring (bicyclic) bond motifs is 1. The second kappa shape index (κ2) is 5.67. The van der Waals surface area contributed by atoms with Gasteiger partial charge in [0.15, 0.2) is 0 Å². The zero-order valence-corrected chi connectivity index (χ0v) is 12.1. The molecule has 0 aliphatic heterocycles. The summed E-state index contributed by atoms with van der Waals surface area (Å²) in [5.74, 6) is -0.304. The molecule has 0 bridgehead atoms. The van der Waals surface area contributed by atoms with Crippen molar-refractivity contribution in [3.8, 4) is 0 Å². The van der Waals surface area contributed by atoms with Gasteiger partial charge in [-0.1, -0.05) is 27.5 Å². The molecule has 0 radical (unpaired) electrons. The van der Waals surface area contributed by atoms with E-state index in [1.807, 2.05) is 18.2 Å². The molecule has 0 N–H and O–H groups in total. The van der Waals surface area contributed by atoms with E-state index in [1.165, 1.54) is 6.92 Å². The second-order valence-electron chi connectivity index (χ2n) is 3.89. The summed E-state index contributed by atoms with van der Waals surface area (Å²) in [5.41, 5.74) is 2.79. The summed E-state index contributed by atoms with van der Waals surface area (Å²) in [7, 11) is 0. The molecule has 0 atom stereocenters. The lowest BCUT2D eigenvalue weighted by Crippen LogP contribution is -2.01. The molecule has 2 aromatic rings. The standard InChI is InChI=1S/C13H11BrClNO2/c1-8(17)18-7-11-3-9(5-14)2-10-4-12(15)6-16-13(10)11/h2-4,6H,5,7H2,1H3. The molecule has 0 amide bonds. The van der Waals surface area contributed by atoms with Crippen LogP contribution in [0.5, 0.6) is 0 Å². The monoisotopic (exact) mass is 327 g/mol. The minimum Gasteiger partial charge on any atom is -0.461 e. The van der Waals surface area contributed by atoms with Crippen molar-refractivity contribution in [2.75, 3.05) is 0 Å². The Morgan fingerprint density at radius 3 is 2.89 bits per heavy atom. The molecule has 0 aliphatic carbocycles. The lowest BCUT2D eigenvalue weighted by atomic mass is 10.1. The highest BCUT2D eigenvalue weighted by molar-refractivity contribution is 9.08. The molecular formula is C13H11BrClNO2.